The Kier molecular flexibility index (Phi) is 3.95. The highest BCUT2D eigenvalue weighted by atomic mass is 35.5. The molecule has 0 spiro atoms. The maximum Gasteiger partial charge on any atom is 0.321 e. The molecular weight excluding hydrogens is 286 g/mol. The fourth-order valence-electron chi connectivity index (χ4n) is 2.81. The molecule has 1 N–H and O–H groups in total. The minimum atomic E-state index is -0.765. The van der Waals surface area contributed by atoms with E-state index in [4.69, 9.17) is 11.6 Å². The Labute approximate surface area is 128 Å². The molecule has 0 bridgehead atoms. The number of rotatable bonds is 3. The second-order valence-electron chi connectivity index (χ2n) is 5.36. The van der Waals surface area contributed by atoms with Gasteiger partial charge in [-0.25, -0.2) is 0 Å². The summed E-state index contributed by atoms with van der Waals surface area (Å²) < 4.78 is 0. The summed E-state index contributed by atoms with van der Waals surface area (Å²) in [6.07, 6.45) is 0.555. The highest BCUT2D eigenvalue weighted by Gasteiger charge is 2.31. The molecule has 1 heterocycles. The molecule has 0 aromatic heterocycles. The number of carboxylic acids is 1. The van der Waals surface area contributed by atoms with Crippen molar-refractivity contribution in [1.82, 2.24) is 4.90 Å². The van der Waals surface area contributed by atoms with Crippen LogP contribution in [-0.4, -0.2) is 22.0 Å². The summed E-state index contributed by atoms with van der Waals surface area (Å²) in [5, 5.41) is 10.2. The van der Waals surface area contributed by atoms with Gasteiger partial charge >= 0.3 is 5.97 Å². The molecule has 2 aromatic carbocycles. The van der Waals surface area contributed by atoms with Crippen LogP contribution < -0.4 is 0 Å². The van der Waals surface area contributed by atoms with Crippen LogP contribution in [0.25, 0.3) is 0 Å². The zero-order chi connectivity index (χ0) is 14.8. The highest BCUT2D eigenvalue weighted by Crippen LogP contribution is 2.25. The van der Waals surface area contributed by atoms with E-state index in [0.29, 0.717) is 24.5 Å². The van der Waals surface area contributed by atoms with Gasteiger partial charge in [-0.3, -0.25) is 9.69 Å². The van der Waals surface area contributed by atoms with Crippen LogP contribution in [0.5, 0.6) is 0 Å². The van der Waals surface area contributed by atoms with E-state index in [0.717, 1.165) is 11.1 Å². The Bertz CT molecular complexity index is 654. The summed E-state index contributed by atoms with van der Waals surface area (Å²) >= 11 is 5.89. The molecule has 21 heavy (non-hydrogen) atoms. The average molecular weight is 302 g/mol. The van der Waals surface area contributed by atoms with Gasteiger partial charge < -0.3 is 5.11 Å². The van der Waals surface area contributed by atoms with Crippen LogP contribution in [-0.2, 0) is 24.3 Å². The second-order valence-corrected chi connectivity index (χ2v) is 5.79. The molecular formula is C17H16ClNO2. The van der Waals surface area contributed by atoms with E-state index in [-0.39, 0.29) is 0 Å². The topological polar surface area (TPSA) is 40.5 Å². The van der Waals surface area contributed by atoms with Gasteiger partial charge in [0.25, 0.3) is 0 Å². The summed E-state index contributed by atoms with van der Waals surface area (Å²) in [6.45, 7) is 1.28. The monoisotopic (exact) mass is 301 g/mol. The average Bonchev–Trinajstić information content (AvgIpc) is 2.48. The fraction of sp³-hybridized carbons (Fsp3) is 0.235. The van der Waals surface area contributed by atoms with Gasteiger partial charge in [-0.15, -0.1) is 0 Å². The van der Waals surface area contributed by atoms with Crippen molar-refractivity contribution in [2.45, 2.75) is 25.6 Å². The van der Waals surface area contributed by atoms with Crippen molar-refractivity contribution >= 4 is 17.6 Å². The van der Waals surface area contributed by atoms with E-state index in [1.54, 1.807) is 0 Å². The van der Waals surface area contributed by atoms with Gasteiger partial charge in [0.15, 0.2) is 0 Å². The molecule has 0 radical (unpaired) electrons. The number of benzene rings is 2. The van der Waals surface area contributed by atoms with E-state index in [1.165, 1.54) is 5.56 Å². The van der Waals surface area contributed by atoms with Gasteiger partial charge in [0, 0.05) is 18.1 Å². The van der Waals surface area contributed by atoms with Crippen LogP contribution in [0.2, 0.25) is 5.02 Å². The van der Waals surface area contributed by atoms with Gasteiger partial charge in [-0.05, 0) is 35.2 Å². The molecule has 0 saturated heterocycles. The molecule has 1 unspecified atom stereocenters. The van der Waals surface area contributed by atoms with Crippen LogP contribution in [0.15, 0.2) is 48.5 Å². The van der Waals surface area contributed by atoms with Gasteiger partial charge in [0.1, 0.15) is 6.04 Å². The third-order valence-corrected chi connectivity index (χ3v) is 4.18. The van der Waals surface area contributed by atoms with Gasteiger partial charge in [0.05, 0.1) is 0 Å². The third kappa shape index (κ3) is 3.09. The van der Waals surface area contributed by atoms with E-state index >= 15 is 0 Å². The van der Waals surface area contributed by atoms with Crippen molar-refractivity contribution in [2.24, 2.45) is 0 Å². The van der Waals surface area contributed by atoms with Gasteiger partial charge in [0.2, 0.25) is 0 Å². The largest absolute Gasteiger partial charge is 0.480 e. The molecule has 0 amide bonds. The Balaban J connectivity index is 1.85. The molecule has 3 nitrogen and oxygen atoms in total. The Hall–Kier alpha value is -1.84. The highest BCUT2D eigenvalue weighted by molar-refractivity contribution is 6.30. The van der Waals surface area contributed by atoms with Crippen LogP contribution in [0.3, 0.4) is 0 Å². The maximum atomic E-state index is 11.6. The minimum Gasteiger partial charge on any atom is -0.480 e. The standard InChI is InChI=1S/C17H16ClNO2/c18-15-7-5-12(6-8-15)10-19-11-14-4-2-1-3-13(14)9-16(19)17(20)21/h1-8,16H,9-11H2,(H,20,21). The summed E-state index contributed by atoms with van der Waals surface area (Å²) in [5.41, 5.74) is 3.42. The molecule has 0 saturated carbocycles. The minimum absolute atomic E-state index is 0.476. The summed E-state index contributed by atoms with van der Waals surface area (Å²) in [7, 11) is 0. The normalized spacial score (nSPS) is 18.2. The molecule has 4 heteroatoms. The maximum absolute atomic E-state index is 11.6. The number of nitrogens with zero attached hydrogens (tertiary/aromatic N) is 1. The third-order valence-electron chi connectivity index (χ3n) is 3.93. The van der Waals surface area contributed by atoms with E-state index in [9.17, 15) is 9.90 Å². The molecule has 0 fully saturated rings. The van der Waals surface area contributed by atoms with Crippen molar-refractivity contribution in [2.75, 3.05) is 0 Å². The molecule has 108 valence electrons. The zero-order valence-electron chi connectivity index (χ0n) is 11.5. The van der Waals surface area contributed by atoms with Gasteiger partial charge in [-0.1, -0.05) is 48.0 Å². The SMILES string of the molecule is O=C(O)C1Cc2ccccc2CN1Cc1ccc(Cl)cc1. The number of carboxylic acid groups (broad SMARTS) is 1. The Morgan fingerprint density at radius 2 is 1.81 bits per heavy atom. The molecule has 2 aromatic rings. The van der Waals surface area contributed by atoms with E-state index < -0.39 is 12.0 Å². The van der Waals surface area contributed by atoms with Crippen LogP contribution in [0.1, 0.15) is 16.7 Å². The van der Waals surface area contributed by atoms with Crippen molar-refractivity contribution in [3.63, 3.8) is 0 Å². The Morgan fingerprint density at radius 3 is 2.48 bits per heavy atom. The number of fused-ring (bicyclic) bond motifs is 1. The van der Waals surface area contributed by atoms with Crippen LogP contribution in [0.4, 0.5) is 0 Å². The van der Waals surface area contributed by atoms with Crippen LogP contribution >= 0.6 is 11.6 Å². The van der Waals surface area contributed by atoms with Gasteiger partial charge in [-0.2, -0.15) is 0 Å². The molecule has 3 rings (SSSR count). The first-order chi connectivity index (χ1) is 10.1. The molecule has 1 atom stereocenters. The smallest absolute Gasteiger partial charge is 0.321 e. The number of aliphatic carboxylic acids is 1. The van der Waals surface area contributed by atoms with Crippen molar-refractivity contribution in [3.05, 3.63) is 70.2 Å². The number of halogens is 1. The first kappa shape index (κ1) is 14.1. The lowest BCUT2D eigenvalue weighted by Crippen LogP contribution is -2.44. The first-order valence-corrected chi connectivity index (χ1v) is 7.29. The Morgan fingerprint density at radius 1 is 1.14 bits per heavy atom. The number of carbonyl (C=O) groups is 1. The van der Waals surface area contributed by atoms with E-state index in [1.807, 2.05) is 47.4 Å². The van der Waals surface area contributed by atoms with Crippen LogP contribution in [0, 0.1) is 0 Å². The molecule has 1 aliphatic rings. The lowest BCUT2D eigenvalue weighted by atomic mass is 9.93. The zero-order valence-corrected chi connectivity index (χ0v) is 12.3. The predicted molar refractivity (Wildman–Crippen MR) is 82.3 cm³/mol. The van der Waals surface area contributed by atoms with Crippen molar-refractivity contribution in [1.29, 1.82) is 0 Å². The van der Waals surface area contributed by atoms with Crippen molar-refractivity contribution < 1.29 is 9.90 Å². The number of hydrogen-bond acceptors (Lipinski definition) is 2. The van der Waals surface area contributed by atoms with E-state index in [2.05, 4.69) is 6.07 Å². The fourth-order valence-corrected chi connectivity index (χ4v) is 2.94. The summed E-state index contributed by atoms with van der Waals surface area (Å²) in [6, 6.07) is 15.1. The lowest BCUT2D eigenvalue weighted by Gasteiger charge is -2.34. The summed E-state index contributed by atoms with van der Waals surface area (Å²) in [5.74, 6) is -0.765. The molecule has 1 aliphatic heterocycles. The lowest BCUT2D eigenvalue weighted by molar-refractivity contribution is -0.144. The quantitative estimate of drug-likeness (QED) is 0.945. The second kappa shape index (κ2) is 5.88. The van der Waals surface area contributed by atoms with Crippen molar-refractivity contribution in [3.8, 4) is 0 Å². The molecule has 0 aliphatic carbocycles. The first-order valence-electron chi connectivity index (χ1n) is 6.91. The number of hydrogen-bond donors (Lipinski definition) is 1. The summed E-state index contributed by atoms with van der Waals surface area (Å²) in [4.78, 5) is 13.6. The predicted octanol–water partition coefficient (Wildman–Crippen LogP) is 3.35.